The van der Waals surface area contributed by atoms with Crippen LogP contribution in [0.1, 0.15) is 18.0 Å². The summed E-state index contributed by atoms with van der Waals surface area (Å²) in [6.45, 7) is 0. The normalized spacial score (nSPS) is 24.9. The average Bonchev–Trinajstić information content (AvgIpc) is 2.57. The molecule has 4 nitrogen and oxygen atoms in total. The Morgan fingerprint density at radius 1 is 1.50 bits per heavy atom. The highest BCUT2D eigenvalue weighted by Crippen LogP contribution is 2.32. The molecule has 16 heavy (non-hydrogen) atoms. The van der Waals surface area contributed by atoms with E-state index >= 15 is 0 Å². The van der Waals surface area contributed by atoms with Gasteiger partial charge in [0.25, 0.3) is 5.91 Å². The SMILES string of the molecule is COc1cccc([C@@H]2C[C@@H](O)C(=O)N2C)c1. The molecule has 1 amide bonds. The number of ether oxygens (including phenoxy) is 1. The van der Waals surface area contributed by atoms with E-state index in [2.05, 4.69) is 0 Å². The monoisotopic (exact) mass is 221 g/mol. The van der Waals surface area contributed by atoms with E-state index in [1.54, 1.807) is 19.1 Å². The molecule has 0 bridgehead atoms. The van der Waals surface area contributed by atoms with Crippen LogP contribution in [0.3, 0.4) is 0 Å². The fourth-order valence-corrected chi connectivity index (χ4v) is 2.07. The average molecular weight is 221 g/mol. The van der Waals surface area contributed by atoms with E-state index in [1.165, 1.54) is 0 Å². The number of nitrogens with zero attached hydrogens (tertiary/aromatic N) is 1. The van der Waals surface area contributed by atoms with Gasteiger partial charge in [-0.3, -0.25) is 4.79 Å². The minimum Gasteiger partial charge on any atom is -0.497 e. The lowest BCUT2D eigenvalue weighted by Gasteiger charge is -2.20. The molecule has 1 aliphatic heterocycles. The van der Waals surface area contributed by atoms with E-state index in [1.807, 2.05) is 24.3 Å². The number of aliphatic hydroxyl groups is 1. The van der Waals surface area contributed by atoms with Crippen molar-refractivity contribution in [2.75, 3.05) is 14.2 Å². The van der Waals surface area contributed by atoms with Gasteiger partial charge in [0.1, 0.15) is 11.9 Å². The van der Waals surface area contributed by atoms with Crippen LogP contribution in [-0.2, 0) is 4.79 Å². The van der Waals surface area contributed by atoms with Crippen LogP contribution in [-0.4, -0.2) is 36.2 Å². The first kappa shape index (κ1) is 11.0. The predicted octanol–water partition coefficient (Wildman–Crippen LogP) is 0.959. The van der Waals surface area contributed by atoms with E-state index < -0.39 is 6.10 Å². The van der Waals surface area contributed by atoms with Gasteiger partial charge in [-0.25, -0.2) is 0 Å². The minimum atomic E-state index is -0.874. The standard InChI is InChI=1S/C12H15NO3/c1-13-10(7-11(14)12(13)15)8-4-3-5-9(6-8)16-2/h3-6,10-11,14H,7H2,1-2H3/t10-,11+/m0/s1. The predicted molar refractivity (Wildman–Crippen MR) is 59.1 cm³/mol. The van der Waals surface area contributed by atoms with Gasteiger partial charge in [-0.05, 0) is 17.7 Å². The molecule has 1 aromatic carbocycles. The van der Waals surface area contributed by atoms with Crippen molar-refractivity contribution in [1.29, 1.82) is 0 Å². The Labute approximate surface area is 94.4 Å². The molecule has 1 heterocycles. The number of hydrogen-bond donors (Lipinski definition) is 1. The molecule has 86 valence electrons. The maximum absolute atomic E-state index is 11.5. The zero-order chi connectivity index (χ0) is 11.7. The van der Waals surface area contributed by atoms with Crippen LogP contribution >= 0.6 is 0 Å². The van der Waals surface area contributed by atoms with E-state index in [0.717, 1.165) is 11.3 Å². The fraction of sp³-hybridized carbons (Fsp3) is 0.417. The highest BCUT2D eigenvalue weighted by molar-refractivity contribution is 5.83. The molecular weight excluding hydrogens is 206 g/mol. The van der Waals surface area contributed by atoms with Crippen molar-refractivity contribution >= 4 is 5.91 Å². The van der Waals surface area contributed by atoms with Gasteiger partial charge < -0.3 is 14.7 Å². The molecular formula is C12H15NO3. The van der Waals surface area contributed by atoms with Crippen LogP contribution in [0.25, 0.3) is 0 Å². The van der Waals surface area contributed by atoms with Gasteiger partial charge >= 0.3 is 0 Å². The lowest BCUT2D eigenvalue weighted by Crippen LogP contribution is -2.26. The number of rotatable bonds is 2. The Balaban J connectivity index is 2.27. The first-order valence-electron chi connectivity index (χ1n) is 5.22. The first-order valence-corrected chi connectivity index (χ1v) is 5.22. The van der Waals surface area contributed by atoms with E-state index in [9.17, 15) is 9.90 Å². The molecule has 0 spiro atoms. The number of hydrogen-bond acceptors (Lipinski definition) is 3. The van der Waals surface area contributed by atoms with Crippen molar-refractivity contribution in [3.05, 3.63) is 29.8 Å². The molecule has 0 unspecified atom stereocenters. The summed E-state index contributed by atoms with van der Waals surface area (Å²) in [6.07, 6.45) is -0.427. The van der Waals surface area contributed by atoms with Crippen molar-refractivity contribution in [3.63, 3.8) is 0 Å². The number of carbonyl (C=O) groups excluding carboxylic acids is 1. The molecule has 1 aliphatic rings. The Morgan fingerprint density at radius 3 is 2.81 bits per heavy atom. The van der Waals surface area contributed by atoms with Crippen molar-refractivity contribution in [2.24, 2.45) is 0 Å². The molecule has 0 radical (unpaired) electrons. The molecule has 1 aromatic rings. The number of carbonyl (C=O) groups is 1. The molecule has 0 saturated carbocycles. The molecule has 4 heteroatoms. The molecule has 2 rings (SSSR count). The Morgan fingerprint density at radius 2 is 2.25 bits per heavy atom. The van der Waals surface area contributed by atoms with Gasteiger partial charge in [-0.2, -0.15) is 0 Å². The van der Waals surface area contributed by atoms with Crippen molar-refractivity contribution in [2.45, 2.75) is 18.6 Å². The summed E-state index contributed by atoms with van der Waals surface area (Å²) in [4.78, 5) is 13.1. The van der Waals surface area contributed by atoms with Crippen LogP contribution in [0, 0.1) is 0 Å². The van der Waals surface area contributed by atoms with Crippen LogP contribution < -0.4 is 4.74 Å². The molecule has 1 fully saturated rings. The zero-order valence-electron chi connectivity index (χ0n) is 9.38. The van der Waals surface area contributed by atoms with E-state index in [4.69, 9.17) is 4.74 Å². The number of methoxy groups -OCH3 is 1. The quantitative estimate of drug-likeness (QED) is 0.809. The van der Waals surface area contributed by atoms with Crippen LogP contribution in [0.5, 0.6) is 5.75 Å². The van der Waals surface area contributed by atoms with Gasteiger partial charge in [-0.1, -0.05) is 12.1 Å². The first-order chi connectivity index (χ1) is 7.63. The highest BCUT2D eigenvalue weighted by Gasteiger charge is 2.36. The third-order valence-corrected chi connectivity index (χ3v) is 3.03. The third-order valence-electron chi connectivity index (χ3n) is 3.03. The summed E-state index contributed by atoms with van der Waals surface area (Å²) >= 11 is 0. The van der Waals surface area contributed by atoms with Gasteiger partial charge in [0.15, 0.2) is 0 Å². The summed E-state index contributed by atoms with van der Waals surface area (Å²) in [6, 6.07) is 7.52. The third kappa shape index (κ3) is 1.76. The van der Waals surface area contributed by atoms with Crippen LogP contribution in [0.2, 0.25) is 0 Å². The van der Waals surface area contributed by atoms with E-state index in [-0.39, 0.29) is 11.9 Å². The summed E-state index contributed by atoms with van der Waals surface area (Å²) in [5.74, 6) is 0.549. The van der Waals surface area contributed by atoms with Gasteiger partial charge in [0.2, 0.25) is 0 Å². The number of amides is 1. The lowest BCUT2D eigenvalue weighted by atomic mass is 10.0. The smallest absolute Gasteiger partial charge is 0.251 e. The van der Waals surface area contributed by atoms with Crippen molar-refractivity contribution < 1.29 is 14.6 Å². The largest absolute Gasteiger partial charge is 0.497 e. The summed E-state index contributed by atoms with van der Waals surface area (Å²) in [5, 5.41) is 9.50. The highest BCUT2D eigenvalue weighted by atomic mass is 16.5. The molecule has 0 aliphatic carbocycles. The van der Waals surface area contributed by atoms with Crippen LogP contribution in [0.15, 0.2) is 24.3 Å². The van der Waals surface area contributed by atoms with Crippen molar-refractivity contribution in [3.8, 4) is 5.75 Å². The van der Waals surface area contributed by atoms with Gasteiger partial charge in [0, 0.05) is 13.5 Å². The number of aliphatic hydroxyl groups excluding tert-OH is 1. The van der Waals surface area contributed by atoms with Gasteiger partial charge in [0.05, 0.1) is 13.2 Å². The van der Waals surface area contributed by atoms with Crippen molar-refractivity contribution in [1.82, 2.24) is 4.90 Å². The maximum Gasteiger partial charge on any atom is 0.251 e. The molecule has 1 N–H and O–H groups in total. The fourth-order valence-electron chi connectivity index (χ4n) is 2.07. The Bertz CT molecular complexity index is 405. The molecule has 1 saturated heterocycles. The van der Waals surface area contributed by atoms with Gasteiger partial charge in [-0.15, -0.1) is 0 Å². The minimum absolute atomic E-state index is 0.0578. The summed E-state index contributed by atoms with van der Waals surface area (Å²) in [7, 11) is 3.32. The number of benzene rings is 1. The maximum atomic E-state index is 11.5. The second kappa shape index (κ2) is 4.14. The van der Waals surface area contributed by atoms with Crippen LogP contribution in [0.4, 0.5) is 0 Å². The number of likely N-dealkylation sites (tertiary alicyclic amines) is 1. The molecule has 0 aromatic heterocycles. The van der Waals surface area contributed by atoms with E-state index in [0.29, 0.717) is 6.42 Å². The lowest BCUT2D eigenvalue weighted by molar-refractivity contribution is -0.134. The Hall–Kier alpha value is -1.55. The topological polar surface area (TPSA) is 49.8 Å². The second-order valence-corrected chi connectivity index (χ2v) is 3.99. The summed E-state index contributed by atoms with van der Waals surface area (Å²) in [5.41, 5.74) is 0.992. The summed E-state index contributed by atoms with van der Waals surface area (Å²) < 4.78 is 5.14. The zero-order valence-corrected chi connectivity index (χ0v) is 9.38. The second-order valence-electron chi connectivity index (χ2n) is 3.99. The number of likely N-dealkylation sites (N-methyl/N-ethyl adjacent to an activating group) is 1. The molecule has 2 atom stereocenters. The Kier molecular flexibility index (Phi) is 2.83.